The van der Waals surface area contributed by atoms with Crippen molar-refractivity contribution in [3.05, 3.63) is 23.8 Å². The van der Waals surface area contributed by atoms with Gasteiger partial charge in [0.2, 0.25) is 0 Å². The molecule has 0 saturated heterocycles. The van der Waals surface area contributed by atoms with E-state index in [0.717, 1.165) is 24.5 Å². The van der Waals surface area contributed by atoms with Gasteiger partial charge in [-0.25, -0.2) is 0 Å². The maximum absolute atomic E-state index is 5.72. The molecule has 0 bridgehead atoms. The van der Waals surface area contributed by atoms with Crippen LogP contribution in [-0.2, 0) is 0 Å². The zero-order valence-electron chi connectivity index (χ0n) is 9.95. The summed E-state index contributed by atoms with van der Waals surface area (Å²) in [6.45, 7) is 6.55. The summed E-state index contributed by atoms with van der Waals surface area (Å²) in [5.74, 6) is 1.79. The van der Waals surface area contributed by atoms with E-state index in [9.17, 15) is 0 Å². The minimum atomic E-state index is 0.349. The predicted molar refractivity (Wildman–Crippen MR) is 64.1 cm³/mol. The maximum atomic E-state index is 5.72. The van der Waals surface area contributed by atoms with E-state index in [1.807, 2.05) is 12.1 Å². The van der Waals surface area contributed by atoms with Crippen LogP contribution in [0.3, 0.4) is 0 Å². The largest absolute Gasteiger partial charge is 0.486 e. The van der Waals surface area contributed by atoms with Crippen LogP contribution in [0.15, 0.2) is 18.2 Å². The average molecular weight is 221 g/mol. The van der Waals surface area contributed by atoms with Gasteiger partial charge < -0.3 is 14.8 Å². The Balaban J connectivity index is 2.31. The van der Waals surface area contributed by atoms with Crippen LogP contribution in [-0.4, -0.2) is 19.8 Å². The molecule has 1 aliphatic rings. The summed E-state index contributed by atoms with van der Waals surface area (Å²) in [6, 6.07) is 6.46. The number of fused-ring (bicyclic) bond motifs is 1. The lowest BCUT2D eigenvalue weighted by atomic mass is 10.0. The van der Waals surface area contributed by atoms with Gasteiger partial charge in [-0.15, -0.1) is 0 Å². The monoisotopic (exact) mass is 221 g/mol. The van der Waals surface area contributed by atoms with Gasteiger partial charge >= 0.3 is 0 Å². The molecular formula is C13H19NO2. The molecule has 0 aliphatic carbocycles. The normalized spacial score (nSPS) is 15.9. The van der Waals surface area contributed by atoms with Crippen LogP contribution >= 0.6 is 0 Å². The van der Waals surface area contributed by atoms with Gasteiger partial charge in [0.15, 0.2) is 11.5 Å². The average Bonchev–Trinajstić information content (AvgIpc) is 2.35. The van der Waals surface area contributed by atoms with Gasteiger partial charge in [0.25, 0.3) is 0 Å². The molecule has 1 aromatic carbocycles. The summed E-state index contributed by atoms with van der Waals surface area (Å²) in [5, 5.41) is 3.46. The van der Waals surface area contributed by atoms with E-state index >= 15 is 0 Å². The summed E-state index contributed by atoms with van der Waals surface area (Å²) in [4.78, 5) is 0. The molecule has 1 N–H and O–H groups in total. The summed E-state index contributed by atoms with van der Waals surface area (Å²) >= 11 is 0. The predicted octanol–water partition coefficient (Wildman–Crippen LogP) is 2.52. The Labute approximate surface area is 96.8 Å². The lowest BCUT2D eigenvalue weighted by Crippen LogP contribution is -2.23. The van der Waals surface area contributed by atoms with Crippen LogP contribution in [0.5, 0.6) is 11.5 Å². The number of hydrogen-bond donors (Lipinski definition) is 1. The van der Waals surface area contributed by atoms with Crippen LogP contribution in [0.25, 0.3) is 0 Å². The van der Waals surface area contributed by atoms with E-state index in [0.29, 0.717) is 19.3 Å². The van der Waals surface area contributed by atoms with Crippen molar-refractivity contribution in [2.45, 2.75) is 26.3 Å². The third-order valence-corrected chi connectivity index (χ3v) is 2.83. The van der Waals surface area contributed by atoms with E-state index in [4.69, 9.17) is 9.47 Å². The molecule has 3 nitrogen and oxygen atoms in total. The molecule has 0 fully saturated rings. The Bertz CT molecular complexity index is 352. The molecule has 1 aromatic rings. The van der Waals surface area contributed by atoms with Crippen LogP contribution in [0.4, 0.5) is 0 Å². The highest BCUT2D eigenvalue weighted by molar-refractivity contribution is 5.48. The molecule has 3 heteroatoms. The number of ether oxygens (including phenoxy) is 2. The van der Waals surface area contributed by atoms with Crippen molar-refractivity contribution in [1.29, 1.82) is 0 Å². The summed E-state index contributed by atoms with van der Waals surface area (Å²) < 4.78 is 11.3. The zero-order valence-corrected chi connectivity index (χ0v) is 9.95. The Morgan fingerprint density at radius 1 is 1.25 bits per heavy atom. The van der Waals surface area contributed by atoms with E-state index < -0.39 is 0 Å². The van der Waals surface area contributed by atoms with Crippen LogP contribution in [0.1, 0.15) is 31.9 Å². The minimum absolute atomic E-state index is 0.349. The SMILES string of the molecule is CCNC(CC)c1cccc2c1OCCO2. The molecule has 1 heterocycles. The number of nitrogens with one attached hydrogen (secondary N) is 1. The fourth-order valence-electron chi connectivity index (χ4n) is 2.09. The lowest BCUT2D eigenvalue weighted by molar-refractivity contribution is 0.168. The smallest absolute Gasteiger partial charge is 0.166 e. The second-order valence-electron chi connectivity index (χ2n) is 3.89. The summed E-state index contributed by atoms with van der Waals surface area (Å²) in [5.41, 5.74) is 1.21. The van der Waals surface area contributed by atoms with Gasteiger partial charge in [-0.3, -0.25) is 0 Å². The van der Waals surface area contributed by atoms with Crippen molar-refractivity contribution in [2.75, 3.05) is 19.8 Å². The van der Waals surface area contributed by atoms with Crippen LogP contribution in [0, 0.1) is 0 Å². The molecule has 0 spiro atoms. The number of para-hydroxylation sites is 1. The van der Waals surface area contributed by atoms with Gasteiger partial charge in [0.05, 0.1) is 0 Å². The molecule has 0 saturated carbocycles. The first-order chi connectivity index (χ1) is 7.86. The molecule has 0 amide bonds. The van der Waals surface area contributed by atoms with E-state index in [-0.39, 0.29) is 0 Å². The van der Waals surface area contributed by atoms with E-state index in [2.05, 4.69) is 25.2 Å². The number of benzene rings is 1. The highest BCUT2D eigenvalue weighted by atomic mass is 16.6. The quantitative estimate of drug-likeness (QED) is 0.847. The first-order valence-electron chi connectivity index (χ1n) is 5.98. The molecular weight excluding hydrogens is 202 g/mol. The maximum Gasteiger partial charge on any atom is 0.166 e. The highest BCUT2D eigenvalue weighted by Gasteiger charge is 2.20. The van der Waals surface area contributed by atoms with Crippen molar-refractivity contribution in [2.24, 2.45) is 0 Å². The highest BCUT2D eigenvalue weighted by Crippen LogP contribution is 2.37. The van der Waals surface area contributed by atoms with Crippen LogP contribution < -0.4 is 14.8 Å². The fourth-order valence-corrected chi connectivity index (χ4v) is 2.09. The van der Waals surface area contributed by atoms with Gasteiger partial charge in [-0.2, -0.15) is 0 Å². The molecule has 16 heavy (non-hydrogen) atoms. The van der Waals surface area contributed by atoms with Crippen molar-refractivity contribution in [3.8, 4) is 11.5 Å². The van der Waals surface area contributed by atoms with E-state index in [1.165, 1.54) is 5.56 Å². The lowest BCUT2D eigenvalue weighted by Gasteiger charge is -2.25. The number of hydrogen-bond acceptors (Lipinski definition) is 3. The second kappa shape index (κ2) is 5.21. The Morgan fingerprint density at radius 2 is 2.06 bits per heavy atom. The molecule has 0 radical (unpaired) electrons. The molecule has 2 rings (SSSR count). The second-order valence-corrected chi connectivity index (χ2v) is 3.89. The molecule has 1 unspecified atom stereocenters. The standard InChI is InChI=1S/C13H19NO2/c1-3-11(14-4-2)10-6-5-7-12-13(10)16-9-8-15-12/h5-7,11,14H,3-4,8-9H2,1-2H3. The van der Waals surface area contributed by atoms with E-state index in [1.54, 1.807) is 0 Å². The summed E-state index contributed by atoms with van der Waals surface area (Å²) in [6.07, 6.45) is 1.05. The van der Waals surface area contributed by atoms with Crippen molar-refractivity contribution in [3.63, 3.8) is 0 Å². The van der Waals surface area contributed by atoms with Crippen molar-refractivity contribution < 1.29 is 9.47 Å². The zero-order chi connectivity index (χ0) is 11.4. The first-order valence-corrected chi connectivity index (χ1v) is 5.98. The van der Waals surface area contributed by atoms with Gasteiger partial charge in [0.1, 0.15) is 13.2 Å². The number of rotatable bonds is 4. The molecule has 1 atom stereocenters. The molecule has 1 aliphatic heterocycles. The van der Waals surface area contributed by atoms with Crippen molar-refractivity contribution in [1.82, 2.24) is 5.32 Å². The van der Waals surface area contributed by atoms with Gasteiger partial charge in [-0.05, 0) is 19.0 Å². The third-order valence-electron chi connectivity index (χ3n) is 2.83. The Morgan fingerprint density at radius 3 is 2.81 bits per heavy atom. The van der Waals surface area contributed by atoms with Gasteiger partial charge in [-0.1, -0.05) is 26.0 Å². The molecule has 88 valence electrons. The topological polar surface area (TPSA) is 30.5 Å². The fraction of sp³-hybridized carbons (Fsp3) is 0.538. The summed E-state index contributed by atoms with van der Waals surface area (Å²) in [7, 11) is 0. The Hall–Kier alpha value is -1.22. The van der Waals surface area contributed by atoms with Gasteiger partial charge in [0, 0.05) is 11.6 Å². The van der Waals surface area contributed by atoms with Crippen molar-refractivity contribution >= 4 is 0 Å². The molecule has 0 aromatic heterocycles. The Kier molecular flexibility index (Phi) is 3.67. The van der Waals surface area contributed by atoms with Crippen LogP contribution in [0.2, 0.25) is 0 Å². The third kappa shape index (κ3) is 2.14. The minimum Gasteiger partial charge on any atom is -0.486 e. The first kappa shape index (κ1) is 11.3.